The summed E-state index contributed by atoms with van der Waals surface area (Å²) in [5.74, 6) is 0.0706. The number of hydrogen-bond acceptors (Lipinski definition) is 5. The Balaban J connectivity index is 1.94. The largest absolute Gasteiger partial charge is 0.294 e. The molecule has 1 aromatic carbocycles. The fourth-order valence-corrected chi connectivity index (χ4v) is 3.60. The molecule has 2 heterocycles. The van der Waals surface area contributed by atoms with Crippen molar-refractivity contribution in [3.63, 3.8) is 0 Å². The zero-order valence-electron chi connectivity index (χ0n) is 15.0. The monoisotopic (exact) mass is 362 g/mol. The second-order valence-corrected chi connectivity index (χ2v) is 7.53. The van der Waals surface area contributed by atoms with E-state index in [1.807, 2.05) is 12.1 Å². The first-order valence-electron chi connectivity index (χ1n) is 8.66. The SMILES string of the molecule is CC1(C)CC(=O)c2c(nn(-c3ccc([N+](=O)[O-])cc3)c2-c2ccncc2)C1. The van der Waals surface area contributed by atoms with Crippen molar-refractivity contribution in [1.29, 1.82) is 0 Å². The van der Waals surface area contributed by atoms with Crippen LogP contribution in [0.2, 0.25) is 0 Å². The van der Waals surface area contributed by atoms with E-state index in [0.717, 1.165) is 11.3 Å². The Morgan fingerprint density at radius 1 is 1.07 bits per heavy atom. The van der Waals surface area contributed by atoms with Crippen LogP contribution in [0.1, 0.15) is 36.3 Å². The number of nitrogens with zero attached hydrogens (tertiary/aromatic N) is 4. The molecule has 136 valence electrons. The molecule has 2 aromatic heterocycles. The molecule has 0 spiro atoms. The van der Waals surface area contributed by atoms with Crippen molar-refractivity contribution in [1.82, 2.24) is 14.8 Å². The summed E-state index contributed by atoms with van der Waals surface area (Å²) in [5, 5.41) is 15.7. The van der Waals surface area contributed by atoms with E-state index in [0.29, 0.717) is 29.8 Å². The molecule has 0 bridgehead atoms. The maximum atomic E-state index is 12.9. The molecular weight excluding hydrogens is 344 g/mol. The van der Waals surface area contributed by atoms with Crippen molar-refractivity contribution in [2.45, 2.75) is 26.7 Å². The summed E-state index contributed by atoms with van der Waals surface area (Å²) in [6.45, 7) is 4.12. The second kappa shape index (κ2) is 6.12. The number of ketones is 1. The molecule has 0 aliphatic heterocycles. The quantitative estimate of drug-likeness (QED) is 0.519. The van der Waals surface area contributed by atoms with Gasteiger partial charge in [0.05, 0.1) is 27.6 Å². The van der Waals surface area contributed by atoms with Gasteiger partial charge in [-0.05, 0) is 36.1 Å². The highest BCUT2D eigenvalue weighted by molar-refractivity contribution is 6.04. The lowest BCUT2D eigenvalue weighted by atomic mass is 9.75. The van der Waals surface area contributed by atoms with E-state index in [2.05, 4.69) is 18.8 Å². The molecule has 0 radical (unpaired) electrons. The van der Waals surface area contributed by atoms with E-state index >= 15 is 0 Å². The summed E-state index contributed by atoms with van der Waals surface area (Å²) in [5.41, 5.74) is 3.49. The Labute approximate surface area is 155 Å². The summed E-state index contributed by atoms with van der Waals surface area (Å²) >= 11 is 0. The van der Waals surface area contributed by atoms with Crippen LogP contribution in [-0.2, 0) is 6.42 Å². The van der Waals surface area contributed by atoms with Crippen LogP contribution in [0.4, 0.5) is 5.69 Å². The van der Waals surface area contributed by atoms with Crippen molar-refractivity contribution >= 4 is 11.5 Å². The van der Waals surface area contributed by atoms with Gasteiger partial charge in [-0.25, -0.2) is 4.68 Å². The normalized spacial score (nSPS) is 15.4. The van der Waals surface area contributed by atoms with E-state index in [1.165, 1.54) is 12.1 Å². The smallest absolute Gasteiger partial charge is 0.269 e. The van der Waals surface area contributed by atoms with Crippen LogP contribution >= 0.6 is 0 Å². The Morgan fingerprint density at radius 2 is 1.74 bits per heavy atom. The van der Waals surface area contributed by atoms with Crippen LogP contribution in [0.5, 0.6) is 0 Å². The number of pyridine rings is 1. The summed E-state index contributed by atoms with van der Waals surface area (Å²) in [4.78, 5) is 27.5. The fraction of sp³-hybridized carbons (Fsp3) is 0.250. The minimum atomic E-state index is -0.437. The Bertz CT molecular complexity index is 1040. The summed E-state index contributed by atoms with van der Waals surface area (Å²) in [6, 6.07) is 9.86. The predicted molar refractivity (Wildman–Crippen MR) is 99.9 cm³/mol. The van der Waals surface area contributed by atoms with Gasteiger partial charge in [0.2, 0.25) is 0 Å². The van der Waals surface area contributed by atoms with Crippen molar-refractivity contribution in [2.24, 2.45) is 5.41 Å². The number of nitro benzene ring substituents is 1. The number of fused-ring (bicyclic) bond motifs is 1. The highest BCUT2D eigenvalue weighted by atomic mass is 16.6. The third kappa shape index (κ3) is 3.01. The predicted octanol–water partition coefficient (Wildman–Crippen LogP) is 4.00. The molecule has 1 aliphatic rings. The standard InChI is InChI=1S/C20H18N4O3/c1-20(2)11-16-18(17(25)12-20)19(13-7-9-21-10-8-13)23(22-16)14-3-5-15(6-4-14)24(26)27/h3-10H,11-12H2,1-2H3. The van der Waals surface area contributed by atoms with E-state index < -0.39 is 4.92 Å². The number of rotatable bonds is 3. The lowest BCUT2D eigenvalue weighted by Gasteiger charge is -2.27. The third-order valence-corrected chi connectivity index (χ3v) is 4.78. The average molecular weight is 362 g/mol. The summed E-state index contributed by atoms with van der Waals surface area (Å²) in [7, 11) is 0. The highest BCUT2D eigenvalue weighted by Gasteiger charge is 2.36. The maximum Gasteiger partial charge on any atom is 0.269 e. The number of carbonyl (C=O) groups excluding carboxylic acids is 1. The van der Waals surface area contributed by atoms with Gasteiger partial charge in [-0.2, -0.15) is 5.10 Å². The Morgan fingerprint density at radius 3 is 2.37 bits per heavy atom. The van der Waals surface area contributed by atoms with Crippen LogP contribution in [0.3, 0.4) is 0 Å². The highest BCUT2D eigenvalue weighted by Crippen LogP contribution is 2.39. The van der Waals surface area contributed by atoms with E-state index in [-0.39, 0.29) is 16.9 Å². The summed E-state index contributed by atoms with van der Waals surface area (Å²) < 4.78 is 1.71. The molecular formula is C20H18N4O3. The third-order valence-electron chi connectivity index (χ3n) is 4.78. The molecule has 0 saturated heterocycles. The molecule has 27 heavy (non-hydrogen) atoms. The maximum absolute atomic E-state index is 12.9. The number of carbonyl (C=O) groups is 1. The second-order valence-electron chi connectivity index (χ2n) is 7.53. The topological polar surface area (TPSA) is 90.9 Å². The lowest BCUT2D eigenvalue weighted by Crippen LogP contribution is -2.26. The zero-order valence-corrected chi connectivity index (χ0v) is 15.0. The van der Waals surface area contributed by atoms with Gasteiger partial charge in [0.25, 0.3) is 5.69 Å². The van der Waals surface area contributed by atoms with E-state index in [4.69, 9.17) is 5.10 Å². The molecule has 3 aromatic rings. The summed E-state index contributed by atoms with van der Waals surface area (Å²) in [6.07, 6.45) is 4.51. The van der Waals surface area contributed by atoms with Gasteiger partial charge in [0.1, 0.15) is 0 Å². The molecule has 7 nitrogen and oxygen atoms in total. The van der Waals surface area contributed by atoms with Crippen LogP contribution in [0, 0.1) is 15.5 Å². The molecule has 0 saturated carbocycles. The van der Waals surface area contributed by atoms with Crippen LogP contribution in [-0.4, -0.2) is 25.5 Å². The van der Waals surface area contributed by atoms with Crippen LogP contribution < -0.4 is 0 Å². The number of aromatic nitrogens is 3. The van der Waals surface area contributed by atoms with Gasteiger partial charge in [-0.1, -0.05) is 13.8 Å². The van der Waals surface area contributed by atoms with Gasteiger partial charge in [-0.3, -0.25) is 19.9 Å². The van der Waals surface area contributed by atoms with Crippen molar-refractivity contribution in [2.75, 3.05) is 0 Å². The van der Waals surface area contributed by atoms with E-state index in [9.17, 15) is 14.9 Å². The van der Waals surface area contributed by atoms with Gasteiger partial charge < -0.3 is 0 Å². The van der Waals surface area contributed by atoms with Gasteiger partial charge in [0, 0.05) is 36.5 Å². The van der Waals surface area contributed by atoms with Crippen molar-refractivity contribution < 1.29 is 9.72 Å². The first kappa shape index (κ1) is 17.1. The van der Waals surface area contributed by atoms with E-state index in [1.54, 1.807) is 29.2 Å². The van der Waals surface area contributed by atoms with Crippen LogP contribution in [0.25, 0.3) is 16.9 Å². The minimum absolute atomic E-state index is 0.0124. The molecule has 0 unspecified atom stereocenters. The van der Waals surface area contributed by atoms with Crippen LogP contribution in [0.15, 0.2) is 48.8 Å². The number of hydrogen-bond donors (Lipinski definition) is 0. The number of nitro groups is 1. The molecule has 7 heteroatoms. The first-order valence-corrected chi connectivity index (χ1v) is 8.66. The minimum Gasteiger partial charge on any atom is -0.294 e. The lowest BCUT2D eigenvalue weighted by molar-refractivity contribution is -0.384. The number of Topliss-reactive ketones (excluding diaryl/α,β-unsaturated/α-hetero) is 1. The molecule has 0 atom stereocenters. The van der Waals surface area contributed by atoms with Crippen molar-refractivity contribution in [3.05, 3.63) is 70.2 Å². The molecule has 0 amide bonds. The molecule has 0 fully saturated rings. The number of benzene rings is 1. The Kier molecular flexibility index (Phi) is 3.87. The molecule has 1 aliphatic carbocycles. The molecule has 4 rings (SSSR count). The zero-order chi connectivity index (χ0) is 19.2. The average Bonchev–Trinajstić information content (AvgIpc) is 3.01. The van der Waals surface area contributed by atoms with Gasteiger partial charge >= 0.3 is 0 Å². The first-order chi connectivity index (χ1) is 12.9. The molecule has 0 N–H and O–H groups in total. The number of non-ortho nitro benzene ring substituents is 1. The van der Waals surface area contributed by atoms with Gasteiger partial charge in [-0.15, -0.1) is 0 Å². The van der Waals surface area contributed by atoms with Crippen molar-refractivity contribution in [3.8, 4) is 16.9 Å². The van der Waals surface area contributed by atoms with Gasteiger partial charge in [0.15, 0.2) is 5.78 Å². The Hall–Kier alpha value is -3.35. The fourth-order valence-electron chi connectivity index (χ4n) is 3.60.